The summed E-state index contributed by atoms with van der Waals surface area (Å²) in [7, 11) is 0. The summed E-state index contributed by atoms with van der Waals surface area (Å²) in [6.07, 6.45) is -0.169. The Morgan fingerprint density at radius 1 is 0.515 bits per heavy atom. The van der Waals surface area contributed by atoms with Crippen molar-refractivity contribution in [3.05, 3.63) is 119 Å². The smallest absolute Gasteiger partial charge is 0.245 e. The molecule has 0 aliphatic carbocycles. The number of carbonyl (C=O) groups excluding carboxylic acids is 8. The Labute approximate surface area is 399 Å². The van der Waals surface area contributed by atoms with Gasteiger partial charge in [-0.05, 0) is 104 Å². The summed E-state index contributed by atoms with van der Waals surface area (Å²) >= 11 is 0. The van der Waals surface area contributed by atoms with Crippen LogP contribution in [0, 0.1) is 5.92 Å². The molecule has 5 atom stereocenters. The molecule has 0 aromatic heterocycles. The summed E-state index contributed by atoms with van der Waals surface area (Å²) in [5.41, 5.74) is -3.35. The van der Waals surface area contributed by atoms with Crippen molar-refractivity contribution in [2.45, 2.75) is 142 Å². The lowest BCUT2D eigenvalue weighted by Crippen LogP contribution is -2.65. The summed E-state index contributed by atoms with van der Waals surface area (Å²) in [6.45, 7) is 17.4. The Hall–Kier alpha value is -6.74. The van der Waals surface area contributed by atoms with Crippen molar-refractivity contribution < 1.29 is 38.4 Å². The molecular weight excluding hydrogens is 863 g/mol. The number of benzene rings is 4. The van der Waals surface area contributed by atoms with Gasteiger partial charge < -0.3 is 37.2 Å². The molecule has 5 rings (SSSR count). The number of hydrogen-bond acceptors (Lipinski definition) is 9. The first-order valence-corrected chi connectivity index (χ1v) is 23.0. The van der Waals surface area contributed by atoms with Gasteiger partial charge in [0.2, 0.25) is 35.4 Å². The number of nitrogens with one attached hydrogen (secondary N) is 7. The number of fused-ring (bicyclic) bond motifs is 1. The first-order valence-electron chi connectivity index (χ1n) is 23.0. The highest BCUT2D eigenvalue weighted by molar-refractivity contribution is 6.09. The summed E-state index contributed by atoms with van der Waals surface area (Å²) < 4.78 is 0. The Bertz CT molecular complexity index is 2550. The average Bonchev–Trinajstić information content (AvgIpc) is 3.27. The third-order valence-corrected chi connectivity index (χ3v) is 12.7. The van der Waals surface area contributed by atoms with Gasteiger partial charge in [0, 0.05) is 41.5 Å². The number of hydrogen-bond donors (Lipinski definition) is 7. The monoisotopic (exact) mass is 930 g/mol. The van der Waals surface area contributed by atoms with E-state index < -0.39 is 93.5 Å². The van der Waals surface area contributed by atoms with Crippen LogP contribution in [0.3, 0.4) is 0 Å². The predicted molar refractivity (Wildman–Crippen MR) is 261 cm³/mol. The van der Waals surface area contributed by atoms with Crippen LogP contribution in [0.4, 0.5) is 0 Å². The zero-order chi connectivity index (χ0) is 50.4. The normalized spacial score (nSPS) is 24.2. The molecule has 68 heavy (non-hydrogen) atoms. The fourth-order valence-electron chi connectivity index (χ4n) is 7.76. The first-order chi connectivity index (χ1) is 31.7. The zero-order valence-corrected chi connectivity index (χ0v) is 41.0. The van der Waals surface area contributed by atoms with Crippen molar-refractivity contribution >= 4 is 57.8 Å². The van der Waals surface area contributed by atoms with Gasteiger partial charge in [-0.2, -0.15) is 0 Å². The largest absolute Gasteiger partial charge is 0.349 e. The van der Waals surface area contributed by atoms with Crippen molar-refractivity contribution in [1.29, 1.82) is 0 Å². The molecular formula is C53H67N7O8. The highest BCUT2D eigenvalue weighted by Gasteiger charge is 2.41. The van der Waals surface area contributed by atoms with Gasteiger partial charge in [-0.15, -0.1) is 0 Å². The minimum atomic E-state index is -1.64. The van der Waals surface area contributed by atoms with Crippen LogP contribution in [0.25, 0.3) is 10.8 Å². The van der Waals surface area contributed by atoms with E-state index in [9.17, 15) is 38.4 Å². The van der Waals surface area contributed by atoms with E-state index in [1.165, 1.54) is 48.5 Å². The van der Waals surface area contributed by atoms with Crippen LogP contribution < -0.4 is 37.2 Å². The maximum absolute atomic E-state index is 14.5. The lowest BCUT2D eigenvalue weighted by Gasteiger charge is -2.37. The lowest BCUT2D eigenvalue weighted by atomic mass is 9.85. The van der Waals surface area contributed by atoms with Crippen LogP contribution in [0.5, 0.6) is 0 Å². The molecule has 0 spiro atoms. The topological polar surface area (TPSA) is 221 Å². The average molecular weight is 930 g/mol. The molecule has 6 amide bonds. The molecule has 1 aliphatic heterocycles. The Balaban J connectivity index is 1.50. The van der Waals surface area contributed by atoms with E-state index in [1.54, 1.807) is 69.3 Å². The van der Waals surface area contributed by atoms with Gasteiger partial charge in [-0.3, -0.25) is 38.4 Å². The van der Waals surface area contributed by atoms with Crippen molar-refractivity contribution in [3.63, 3.8) is 0 Å². The van der Waals surface area contributed by atoms with Crippen LogP contribution in [-0.2, 0) is 46.4 Å². The number of ketones is 2. The summed E-state index contributed by atoms with van der Waals surface area (Å²) in [5.74, 6) is -5.34. The number of Topliss-reactive ketones (excluding diaryl/α,β-unsaturated/α-hetero) is 1. The third kappa shape index (κ3) is 13.2. The molecule has 4 aromatic carbocycles. The Morgan fingerprint density at radius 3 is 1.65 bits per heavy atom. The molecule has 1 saturated heterocycles. The van der Waals surface area contributed by atoms with Crippen molar-refractivity contribution in [2.24, 2.45) is 5.92 Å². The minimum absolute atomic E-state index is 0.0775. The molecule has 0 saturated carbocycles. The molecule has 1 aliphatic rings. The van der Waals surface area contributed by atoms with Gasteiger partial charge in [0.1, 0.15) is 23.2 Å². The molecule has 4 aromatic rings. The Kier molecular flexibility index (Phi) is 16.2. The van der Waals surface area contributed by atoms with Crippen LogP contribution >= 0.6 is 0 Å². The van der Waals surface area contributed by atoms with Gasteiger partial charge >= 0.3 is 0 Å². The van der Waals surface area contributed by atoms with Gasteiger partial charge in [-0.1, -0.05) is 97.1 Å². The highest BCUT2D eigenvalue weighted by Crippen LogP contribution is 2.24. The van der Waals surface area contributed by atoms with E-state index >= 15 is 0 Å². The lowest BCUT2D eigenvalue weighted by molar-refractivity contribution is -0.138. The molecule has 362 valence electrons. The van der Waals surface area contributed by atoms with E-state index in [4.69, 9.17) is 0 Å². The fourth-order valence-corrected chi connectivity index (χ4v) is 7.76. The van der Waals surface area contributed by atoms with E-state index in [2.05, 4.69) is 37.2 Å². The first kappa shape index (κ1) is 52.2. The quantitative estimate of drug-likeness (QED) is 0.136. The van der Waals surface area contributed by atoms with Crippen molar-refractivity contribution in [2.75, 3.05) is 0 Å². The summed E-state index contributed by atoms with van der Waals surface area (Å²) in [5, 5.41) is 21.9. The predicted octanol–water partition coefficient (Wildman–Crippen LogP) is 4.38. The fraction of sp³-hybridized carbons (Fsp3) is 0.434. The van der Waals surface area contributed by atoms with Gasteiger partial charge in [0.25, 0.3) is 0 Å². The van der Waals surface area contributed by atoms with Gasteiger partial charge in [0.15, 0.2) is 11.6 Å². The van der Waals surface area contributed by atoms with Crippen LogP contribution in [0.15, 0.2) is 97.1 Å². The molecule has 15 heteroatoms. The zero-order valence-electron chi connectivity index (χ0n) is 41.0. The summed E-state index contributed by atoms with van der Waals surface area (Å²) in [4.78, 5) is 111. The number of carbonyl (C=O) groups is 8. The van der Waals surface area contributed by atoms with E-state index in [-0.39, 0.29) is 25.0 Å². The van der Waals surface area contributed by atoms with Gasteiger partial charge in [-0.25, -0.2) is 0 Å². The molecule has 1 fully saturated rings. The van der Waals surface area contributed by atoms with Crippen molar-refractivity contribution in [3.8, 4) is 0 Å². The van der Waals surface area contributed by atoms with Crippen molar-refractivity contribution in [1.82, 2.24) is 37.2 Å². The van der Waals surface area contributed by atoms with Crippen LogP contribution in [-0.4, -0.2) is 93.3 Å². The molecule has 0 bridgehead atoms. The second-order valence-electron chi connectivity index (χ2n) is 20.2. The maximum Gasteiger partial charge on any atom is 0.245 e. The third-order valence-electron chi connectivity index (χ3n) is 12.7. The number of amides is 6. The maximum atomic E-state index is 14.5. The molecule has 1 heterocycles. The van der Waals surface area contributed by atoms with E-state index in [1.807, 2.05) is 55.5 Å². The molecule has 0 radical (unpaired) electrons. The van der Waals surface area contributed by atoms with E-state index in [0.29, 0.717) is 16.7 Å². The molecule has 4 unspecified atom stereocenters. The molecule has 7 N–H and O–H groups in total. The van der Waals surface area contributed by atoms with Gasteiger partial charge in [0.05, 0.1) is 11.6 Å². The second-order valence-corrected chi connectivity index (χ2v) is 20.2. The highest BCUT2D eigenvalue weighted by atomic mass is 16.2. The molecule has 15 nitrogen and oxygen atoms in total. The standard InChI is InChI=1S/C53H67N7O8/c1-31-44(63)57-52(8,9)48(67)55-32(2)45(64)58-53(10,11)49(68)56-41(29-34-21-25-38(26-22-34)43(62)37-18-13-12-14-19-37)47(66)60-51(6,7)42(61)30-40(46(65)59-50(4,5)33(3)54-31)28-35-23-24-36-17-15-16-20-39(36)27-35/h12-27,31-33,40-41,54H,28-30H2,1-11H3,(H,55,67)(H,56,68)(H,57,63)(H,58,64)(H,59,65)(H,60,66)/t31?,32?,33-,40?,41?/m0/s1. The minimum Gasteiger partial charge on any atom is -0.349 e. The Morgan fingerprint density at radius 2 is 1.03 bits per heavy atom. The second kappa shape index (κ2) is 21.1. The van der Waals surface area contributed by atoms with E-state index in [0.717, 1.165) is 16.3 Å². The SMILES string of the molecule is CC1NC(=O)C(C)(C)NC(=O)C(C)N[C@@H](C)C(C)(C)NC(=O)C(Cc2ccc3ccccc3c2)CC(=O)C(C)(C)NC(=O)C(Cc2ccc(C(=O)c3ccccc3)cc2)NC(=O)C(C)(C)NC1=O. The van der Waals surface area contributed by atoms with Crippen LogP contribution in [0.2, 0.25) is 0 Å². The number of rotatable bonds is 6. The summed E-state index contributed by atoms with van der Waals surface area (Å²) in [6, 6.07) is 25.2. The van der Waals surface area contributed by atoms with Crippen LogP contribution in [0.1, 0.15) is 110 Å².